The molecule has 2 N–H and O–H groups in total. The van der Waals surface area contributed by atoms with E-state index < -0.39 is 0 Å². The minimum Gasteiger partial charge on any atom is -0.516 e. The number of rotatable bonds is 4. The summed E-state index contributed by atoms with van der Waals surface area (Å²) in [6.45, 7) is 3.91. The number of likely N-dealkylation sites (N-methyl/N-ethyl adjacent to an activating group) is 1. The number of hydrogen-bond donors (Lipinski definition) is 2. The van der Waals surface area contributed by atoms with Crippen LogP contribution in [0.5, 0.6) is 0 Å². The minimum atomic E-state index is -0.00815. The largest absolute Gasteiger partial charge is 0.516 e. The van der Waals surface area contributed by atoms with Gasteiger partial charge in [0, 0.05) is 7.05 Å². The van der Waals surface area contributed by atoms with Crippen molar-refractivity contribution in [2.45, 2.75) is 26.3 Å². The Hall–Kier alpha value is -0.800. The molecular formula is C9H17NO2. The lowest BCUT2D eigenvalue weighted by molar-refractivity contribution is -0.0865. The Balaban J connectivity index is 4.33. The fourth-order valence-electron chi connectivity index (χ4n) is 0.959. The Morgan fingerprint density at radius 2 is 2.17 bits per heavy atom. The van der Waals surface area contributed by atoms with E-state index in [1.807, 2.05) is 13.8 Å². The first kappa shape index (κ1) is 11.2. The molecule has 0 aliphatic carbocycles. The van der Waals surface area contributed by atoms with Crippen LogP contribution in [0.25, 0.3) is 0 Å². The lowest BCUT2D eigenvalue weighted by atomic mass is 10.1. The van der Waals surface area contributed by atoms with Gasteiger partial charge >= 0.3 is 0 Å². The van der Waals surface area contributed by atoms with Crippen LogP contribution in [-0.4, -0.2) is 28.5 Å². The van der Waals surface area contributed by atoms with Crippen LogP contribution in [0.4, 0.5) is 0 Å². The third-order valence-electron chi connectivity index (χ3n) is 1.90. The molecule has 3 nitrogen and oxygen atoms in total. The van der Waals surface area contributed by atoms with Crippen molar-refractivity contribution >= 4 is 0 Å². The van der Waals surface area contributed by atoms with Crippen molar-refractivity contribution in [2.75, 3.05) is 7.05 Å². The van der Waals surface area contributed by atoms with Crippen molar-refractivity contribution in [2.24, 2.45) is 0 Å². The summed E-state index contributed by atoms with van der Waals surface area (Å²) in [4.78, 5) is 0. The van der Waals surface area contributed by atoms with Gasteiger partial charge in [-0.15, -0.1) is 0 Å². The van der Waals surface area contributed by atoms with E-state index in [1.54, 1.807) is 19.2 Å². The Morgan fingerprint density at radius 1 is 1.58 bits per heavy atom. The van der Waals surface area contributed by atoms with E-state index in [2.05, 4.69) is 0 Å². The van der Waals surface area contributed by atoms with Gasteiger partial charge in [-0.3, -0.25) is 0 Å². The molecule has 0 amide bonds. The summed E-state index contributed by atoms with van der Waals surface area (Å²) < 4.78 is 0. The third-order valence-corrected chi connectivity index (χ3v) is 1.90. The molecule has 0 radical (unpaired) electrons. The van der Waals surface area contributed by atoms with E-state index >= 15 is 0 Å². The summed E-state index contributed by atoms with van der Waals surface area (Å²) in [6.07, 6.45) is 5.20. The van der Waals surface area contributed by atoms with Crippen molar-refractivity contribution in [3.05, 3.63) is 24.0 Å². The molecule has 3 heteroatoms. The molecule has 0 bridgehead atoms. The molecule has 0 aliphatic rings. The van der Waals surface area contributed by atoms with Gasteiger partial charge in [0.15, 0.2) is 0 Å². The Bertz CT molecular complexity index is 173. The van der Waals surface area contributed by atoms with Gasteiger partial charge in [-0.1, -0.05) is 18.6 Å². The van der Waals surface area contributed by atoms with Crippen molar-refractivity contribution in [1.29, 1.82) is 0 Å². The Kier molecular flexibility index (Phi) is 5.41. The number of aliphatic hydroxyl groups excluding tert-OH is 1. The van der Waals surface area contributed by atoms with Crippen LogP contribution in [0.1, 0.15) is 20.3 Å². The zero-order valence-corrected chi connectivity index (χ0v) is 7.86. The average molecular weight is 171 g/mol. The number of hydrogen-bond acceptors (Lipinski definition) is 3. The first-order valence-corrected chi connectivity index (χ1v) is 4.05. The van der Waals surface area contributed by atoms with Gasteiger partial charge in [0.25, 0.3) is 0 Å². The molecule has 0 heterocycles. The summed E-state index contributed by atoms with van der Waals surface area (Å²) in [5, 5.41) is 18.7. The van der Waals surface area contributed by atoms with Crippen LogP contribution in [0.15, 0.2) is 24.0 Å². The van der Waals surface area contributed by atoms with E-state index in [0.717, 1.165) is 23.3 Å². The van der Waals surface area contributed by atoms with E-state index in [-0.39, 0.29) is 6.04 Å². The average Bonchev–Trinajstić information content (AvgIpc) is 2.05. The minimum absolute atomic E-state index is 0.00815. The maximum atomic E-state index is 9.13. The molecule has 0 saturated heterocycles. The standard InChI is InChI=1S/C9H17NO2/c1-4-9(6-5-7-11)8(2)10(3)12/h5-8,11-12H,4H2,1-3H3/b7-5+,9-6+/t8-/m0/s1. The molecule has 0 unspecified atom stereocenters. The molecule has 12 heavy (non-hydrogen) atoms. The van der Waals surface area contributed by atoms with Gasteiger partial charge in [0.1, 0.15) is 0 Å². The number of aliphatic hydroxyl groups is 1. The summed E-state index contributed by atoms with van der Waals surface area (Å²) >= 11 is 0. The molecule has 70 valence electrons. The summed E-state index contributed by atoms with van der Waals surface area (Å²) in [5.41, 5.74) is 1.07. The fourth-order valence-corrected chi connectivity index (χ4v) is 0.959. The number of hydroxylamine groups is 2. The predicted octanol–water partition coefficient (Wildman–Crippen LogP) is 2.10. The van der Waals surface area contributed by atoms with Crippen molar-refractivity contribution in [3.63, 3.8) is 0 Å². The highest BCUT2D eigenvalue weighted by molar-refractivity contribution is 5.15. The van der Waals surface area contributed by atoms with Crippen LogP contribution in [0, 0.1) is 0 Å². The first-order valence-electron chi connectivity index (χ1n) is 4.05. The van der Waals surface area contributed by atoms with Gasteiger partial charge in [-0.05, 0) is 19.4 Å². The Morgan fingerprint density at radius 3 is 2.50 bits per heavy atom. The molecule has 0 aliphatic heterocycles. The molecule has 1 atom stereocenters. The van der Waals surface area contributed by atoms with Crippen LogP contribution < -0.4 is 0 Å². The fraction of sp³-hybridized carbons (Fsp3) is 0.556. The molecule has 0 aromatic heterocycles. The topological polar surface area (TPSA) is 43.7 Å². The lowest BCUT2D eigenvalue weighted by Gasteiger charge is -2.19. The van der Waals surface area contributed by atoms with Crippen molar-refractivity contribution in [3.8, 4) is 0 Å². The molecule has 0 aromatic carbocycles. The number of nitrogens with zero attached hydrogens (tertiary/aromatic N) is 1. The van der Waals surface area contributed by atoms with Crippen molar-refractivity contribution in [1.82, 2.24) is 5.06 Å². The van der Waals surface area contributed by atoms with E-state index in [0.29, 0.717) is 0 Å². The third kappa shape index (κ3) is 3.55. The zero-order valence-electron chi connectivity index (χ0n) is 7.86. The molecule has 0 fully saturated rings. The highest BCUT2D eigenvalue weighted by Crippen LogP contribution is 2.10. The van der Waals surface area contributed by atoms with Gasteiger partial charge in [0.05, 0.1) is 12.3 Å². The number of allylic oxidation sites excluding steroid dienone is 2. The second-order valence-electron chi connectivity index (χ2n) is 2.69. The van der Waals surface area contributed by atoms with Gasteiger partial charge in [-0.2, -0.15) is 5.06 Å². The maximum Gasteiger partial charge on any atom is 0.0791 e. The molecule has 0 rings (SSSR count). The normalized spacial score (nSPS) is 15.9. The highest BCUT2D eigenvalue weighted by Gasteiger charge is 2.09. The van der Waals surface area contributed by atoms with E-state index in [4.69, 9.17) is 10.3 Å². The molecule has 0 aromatic rings. The van der Waals surface area contributed by atoms with Crippen molar-refractivity contribution < 1.29 is 10.3 Å². The molecule has 0 spiro atoms. The van der Waals surface area contributed by atoms with E-state index in [9.17, 15) is 0 Å². The molecule has 0 saturated carbocycles. The Labute approximate surface area is 73.6 Å². The first-order chi connectivity index (χ1) is 5.63. The second-order valence-corrected chi connectivity index (χ2v) is 2.69. The SMILES string of the molecule is CC/C(=C\C=C\O)[C@H](C)N(C)O. The zero-order chi connectivity index (χ0) is 9.56. The quantitative estimate of drug-likeness (QED) is 0.387. The maximum absolute atomic E-state index is 9.13. The summed E-state index contributed by atoms with van der Waals surface area (Å²) in [5.74, 6) is 0. The van der Waals surface area contributed by atoms with Gasteiger partial charge in [0.2, 0.25) is 0 Å². The summed E-state index contributed by atoms with van der Waals surface area (Å²) in [7, 11) is 1.61. The molecular weight excluding hydrogens is 154 g/mol. The monoisotopic (exact) mass is 171 g/mol. The van der Waals surface area contributed by atoms with Gasteiger partial charge < -0.3 is 10.3 Å². The lowest BCUT2D eigenvalue weighted by Crippen LogP contribution is -2.26. The van der Waals surface area contributed by atoms with Crippen LogP contribution in [0.3, 0.4) is 0 Å². The predicted molar refractivity (Wildman–Crippen MR) is 49.2 cm³/mol. The van der Waals surface area contributed by atoms with E-state index in [1.165, 1.54) is 0 Å². The smallest absolute Gasteiger partial charge is 0.0791 e. The second kappa shape index (κ2) is 5.80. The highest BCUT2D eigenvalue weighted by atomic mass is 16.5. The van der Waals surface area contributed by atoms with Crippen LogP contribution in [0.2, 0.25) is 0 Å². The van der Waals surface area contributed by atoms with Crippen LogP contribution >= 0.6 is 0 Å². The van der Waals surface area contributed by atoms with Crippen LogP contribution in [-0.2, 0) is 0 Å². The van der Waals surface area contributed by atoms with Gasteiger partial charge in [-0.25, -0.2) is 0 Å². The summed E-state index contributed by atoms with van der Waals surface area (Å²) in [6, 6.07) is -0.00815.